The summed E-state index contributed by atoms with van der Waals surface area (Å²) >= 11 is 0. The van der Waals surface area contributed by atoms with Crippen LogP contribution in [-0.4, -0.2) is 48.5 Å². The Balaban J connectivity index is 6.98. The van der Waals surface area contributed by atoms with Crippen molar-refractivity contribution in [2.24, 2.45) is 0 Å². The summed E-state index contributed by atoms with van der Waals surface area (Å²) in [5.41, 5.74) is -7.93. The van der Waals surface area contributed by atoms with Gasteiger partial charge in [-0.1, -0.05) is 0 Å². The summed E-state index contributed by atoms with van der Waals surface area (Å²) < 4.78 is 192. The number of ether oxygens (including phenoxy) is 1. The van der Waals surface area contributed by atoms with Gasteiger partial charge in [0.2, 0.25) is 0 Å². The van der Waals surface area contributed by atoms with Gasteiger partial charge < -0.3 is 4.74 Å². The van der Waals surface area contributed by atoms with E-state index in [0.717, 1.165) is 0 Å². The van der Waals surface area contributed by atoms with Gasteiger partial charge in [-0.25, -0.2) is 8.78 Å². The van der Waals surface area contributed by atoms with Crippen molar-refractivity contribution in [3.63, 3.8) is 0 Å². The van der Waals surface area contributed by atoms with Crippen LogP contribution >= 0.6 is 0 Å². The van der Waals surface area contributed by atoms with E-state index in [9.17, 15) is 65.9 Å². The summed E-state index contributed by atoms with van der Waals surface area (Å²) in [6.07, 6.45) is -23.1. The number of halogens is 15. The van der Waals surface area contributed by atoms with Gasteiger partial charge in [0.05, 0.1) is 0 Å². The molecule has 0 saturated carbocycles. The SMILES string of the molecule is CCO[C@@](F)(C(F)(F)C(F)(F)C(F)(F)F)C(F)(C(F)(F)F)C(F)(F)F. The van der Waals surface area contributed by atoms with Gasteiger partial charge in [-0.2, -0.15) is 57.1 Å². The first-order chi connectivity index (χ1) is 10.6. The van der Waals surface area contributed by atoms with Crippen molar-refractivity contribution in [1.29, 1.82) is 0 Å². The smallest absolute Gasteiger partial charge is 0.338 e. The monoisotopic (exact) mass is 414 g/mol. The maximum absolute atomic E-state index is 13.9. The van der Waals surface area contributed by atoms with Crippen LogP contribution < -0.4 is 0 Å². The van der Waals surface area contributed by atoms with Gasteiger partial charge in [0, 0.05) is 6.61 Å². The zero-order chi connectivity index (χ0) is 20.9. The van der Waals surface area contributed by atoms with E-state index >= 15 is 0 Å². The van der Waals surface area contributed by atoms with E-state index in [-0.39, 0.29) is 6.92 Å². The van der Waals surface area contributed by atoms with E-state index in [1.54, 1.807) is 0 Å². The third-order valence-corrected chi connectivity index (χ3v) is 2.72. The average molecular weight is 414 g/mol. The second kappa shape index (κ2) is 5.97. The Labute approximate surface area is 127 Å². The van der Waals surface area contributed by atoms with Gasteiger partial charge in [-0.05, 0) is 6.92 Å². The predicted molar refractivity (Wildman–Crippen MR) is 47.4 cm³/mol. The Kier molecular flexibility index (Phi) is 5.71. The number of hydrogen-bond acceptors (Lipinski definition) is 1. The van der Waals surface area contributed by atoms with Crippen molar-refractivity contribution in [3.05, 3.63) is 0 Å². The summed E-state index contributed by atoms with van der Waals surface area (Å²) in [6, 6.07) is 0. The normalized spacial score (nSPS) is 18.2. The lowest BCUT2D eigenvalue weighted by Gasteiger charge is -2.45. The van der Waals surface area contributed by atoms with Crippen LogP contribution in [-0.2, 0) is 4.74 Å². The van der Waals surface area contributed by atoms with Crippen LogP contribution in [0.2, 0.25) is 0 Å². The zero-order valence-corrected chi connectivity index (χ0v) is 11.3. The van der Waals surface area contributed by atoms with Crippen molar-refractivity contribution in [2.75, 3.05) is 6.61 Å². The molecule has 0 N–H and O–H groups in total. The first-order valence-electron chi connectivity index (χ1n) is 5.53. The van der Waals surface area contributed by atoms with Crippen LogP contribution in [0.15, 0.2) is 0 Å². The average Bonchev–Trinajstić information content (AvgIpc) is 2.33. The van der Waals surface area contributed by atoms with Gasteiger partial charge in [0.25, 0.3) is 0 Å². The van der Waals surface area contributed by atoms with Crippen molar-refractivity contribution >= 4 is 0 Å². The summed E-state index contributed by atoms with van der Waals surface area (Å²) in [5.74, 6) is -23.4. The molecule has 0 aliphatic carbocycles. The molecule has 0 spiro atoms. The largest absolute Gasteiger partial charge is 0.460 e. The molecule has 0 fully saturated rings. The molecule has 0 aliphatic rings. The van der Waals surface area contributed by atoms with E-state index in [0.29, 0.717) is 0 Å². The molecule has 0 rings (SSSR count). The van der Waals surface area contributed by atoms with E-state index in [1.165, 1.54) is 0 Å². The third kappa shape index (κ3) is 3.09. The van der Waals surface area contributed by atoms with Crippen molar-refractivity contribution in [2.45, 2.75) is 48.8 Å². The first-order valence-corrected chi connectivity index (χ1v) is 5.53. The fourth-order valence-electron chi connectivity index (χ4n) is 1.51. The minimum Gasteiger partial charge on any atom is -0.338 e. The molecule has 16 heteroatoms. The second-order valence-corrected chi connectivity index (χ2v) is 4.33. The standard InChI is InChI=1S/C9H5F15O/c1-2-25-6(15,3(10,7(16,17)18)8(19,20)21)4(11,12)5(13,14)9(22,23)24/h2H2,1H3/t6-/m1/s1. The Bertz CT molecular complexity index is 457. The Hall–Kier alpha value is -1.09. The lowest BCUT2D eigenvalue weighted by Crippen LogP contribution is -2.77. The first kappa shape index (κ1) is 23.9. The number of rotatable bonds is 5. The molecule has 0 unspecified atom stereocenters. The van der Waals surface area contributed by atoms with E-state index in [4.69, 9.17) is 0 Å². The van der Waals surface area contributed by atoms with Gasteiger partial charge in [0.15, 0.2) is 0 Å². The lowest BCUT2D eigenvalue weighted by atomic mass is 9.86. The van der Waals surface area contributed by atoms with E-state index in [2.05, 4.69) is 4.74 Å². The summed E-state index contributed by atoms with van der Waals surface area (Å²) in [6.45, 7) is -1.92. The molecule has 25 heavy (non-hydrogen) atoms. The predicted octanol–water partition coefficient (Wildman–Crippen LogP) is 5.35. The van der Waals surface area contributed by atoms with Gasteiger partial charge in [0.1, 0.15) is 0 Å². The zero-order valence-electron chi connectivity index (χ0n) is 11.3. The molecule has 1 nitrogen and oxygen atoms in total. The molecule has 0 amide bonds. The second-order valence-electron chi connectivity index (χ2n) is 4.33. The Morgan fingerprint density at radius 3 is 1.04 bits per heavy atom. The van der Waals surface area contributed by atoms with Crippen molar-refractivity contribution in [3.8, 4) is 0 Å². The molecular formula is C9H5F15O. The van der Waals surface area contributed by atoms with Crippen LogP contribution in [0.1, 0.15) is 6.92 Å². The highest BCUT2D eigenvalue weighted by Gasteiger charge is 2.95. The highest BCUT2D eigenvalue weighted by atomic mass is 19.4. The minimum atomic E-state index is -7.98. The van der Waals surface area contributed by atoms with Crippen LogP contribution in [0.25, 0.3) is 0 Å². The highest BCUT2D eigenvalue weighted by molar-refractivity contribution is 5.16. The molecule has 0 saturated heterocycles. The van der Waals surface area contributed by atoms with E-state index in [1.807, 2.05) is 0 Å². The molecule has 0 radical (unpaired) electrons. The molecular weight excluding hydrogens is 409 g/mol. The maximum Gasteiger partial charge on any atom is 0.460 e. The summed E-state index contributed by atoms with van der Waals surface area (Å²) in [4.78, 5) is 0. The summed E-state index contributed by atoms with van der Waals surface area (Å²) in [5, 5.41) is 0. The lowest BCUT2D eigenvalue weighted by molar-refractivity contribution is -0.487. The molecule has 0 aromatic carbocycles. The van der Waals surface area contributed by atoms with Crippen LogP contribution in [0, 0.1) is 0 Å². The van der Waals surface area contributed by atoms with Crippen LogP contribution in [0.4, 0.5) is 65.9 Å². The Morgan fingerprint density at radius 1 is 0.520 bits per heavy atom. The van der Waals surface area contributed by atoms with Crippen LogP contribution in [0.3, 0.4) is 0 Å². The molecule has 0 aliphatic heterocycles. The highest BCUT2D eigenvalue weighted by Crippen LogP contribution is 2.63. The number of hydrogen-bond donors (Lipinski definition) is 0. The molecule has 0 bridgehead atoms. The van der Waals surface area contributed by atoms with Gasteiger partial charge in [-0.15, -0.1) is 0 Å². The number of alkyl halides is 15. The van der Waals surface area contributed by atoms with Gasteiger partial charge >= 0.3 is 41.9 Å². The quantitative estimate of drug-likeness (QED) is 0.551. The molecule has 1 atom stereocenters. The van der Waals surface area contributed by atoms with Crippen molar-refractivity contribution in [1.82, 2.24) is 0 Å². The van der Waals surface area contributed by atoms with E-state index < -0.39 is 48.5 Å². The van der Waals surface area contributed by atoms with Gasteiger partial charge in [-0.3, -0.25) is 0 Å². The maximum atomic E-state index is 13.9. The van der Waals surface area contributed by atoms with Crippen molar-refractivity contribution < 1.29 is 70.6 Å². The topological polar surface area (TPSA) is 9.23 Å². The fourth-order valence-corrected chi connectivity index (χ4v) is 1.51. The molecule has 152 valence electrons. The molecule has 0 aromatic rings. The summed E-state index contributed by atoms with van der Waals surface area (Å²) in [7, 11) is 0. The van der Waals surface area contributed by atoms with Crippen LogP contribution in [0.5, 0.6) is 0 Å². The Morgan fingerprint density at radius 2 is 0.840 bits per heavy atom. The minimum absolute atomic E-state index is 0.142. The third-order valence-electron chi connectivity index (χ3n) is 2.72. The fraction of sp³-hybridized carbons (Fsp3) is 1.00. The molecule has 0 aromatic heterocycles. The molecule has 0 heterocycles.